The highest BCUT2D eigenvalue weighted by Gasteiger charge is 2.19. The molecule has 0 saturated heterocycles. The molecule has 0 aliphatic carbocycles. The average molecular weight is 436 g/mol. The maximum atomic E-state index is 12.6. The van der Waals surface area contributed by atoms with Crippen LogP contribution in [0.25, 0.3) is 11.5 Å². The topological polar surface area (TPSA) is 85.8 Å². The molecule has 158 valence electrons. The number of carbonyl (C=O) groups is 1. The zero-order valence-electron chi connectivity index (χ0n) is 17.5. The highest BCUT2D eigenvalue weighted by atomic mass is 35.5. The van der Waals surface area contributed by atoms with Crippen LogP contribution in [0.1, 0.15) is 38.8 Å². The van der Waals surface area contributed by atoms with Crippen LogP contribution in [-0.2, 0) is 13.1 Å². The molecule has 4 rings (SSSR count). The summed E-state index contributed by atoms with van der Waals surface area (Å²) < 4.78 is 7.51. The van der Waals surface area contributed by atoms with Crippen LogP contribution in [0, 0.1) is 20.8 Å². The van der Waals surface area contributed by atoms with Crippen molar-refractivity contribution >= 4 is 17.5 Å². The van der Waals surface area contributed by atoms with Crippen LogP contribution in [0.3, 0.4) is 0 Å². The van der Waals surface area contributed by atoms with Crippen molar-refractivity contribution in [3.63, 3.8) is 0 Å². The second-order valence-electron chi connectivity index (χ2n) is 7.39. The number of hydrogen-bond donors (Lipinski definition) is 1. The second kappa shape index (κ2) is 8.73. The summed E-state index contributed by atoms with van der Waals surface area (Å²) >= 11 is 5.99. The normalized spacial score (nSPS) is 11.0. The van der Waals surface area contributed by atoms with Gasteiger partial charge in [-0.05, 0) is 50.6 Å². The summed E-state index contributed by atoms with van der Waals surface area (Å²) in [4.78, 5) is 17.2. The van der Waals surface area contributed by atoms with E-state index in [4.69, 9.17) is 16.0 Å². The highest BCUT2D eigenvalue weighted by Crippen LogP contribution is 2.23. The fourth-order valence-corrected chi connectivity index (χ4v) is 3.46. The zero-order valence-corrected chi connectivity index (χ0v) is 18.3. The minimum absolute atomic E-state index is 0.280. The first kappa shape index (κ1) is 20.8. The molecule has 2 heterocycles. The molecule has 8 heteroatoms. The molecule has 0 aliphatic heterocycles. The monoisotopic (exact) mass is 435 g/mol. The molecule has 31 heavy (non-hydrogen) atoms. The number of nitrogens with one attached hydrogen (secondary N) is 1. The van der Waals surface area contributed by atoms with Crippen molar-refractivity contribution in [3.8, 4) is 11.5 Å². The molecule has 0 bridgehead atoms. The summed E-state index contributed by atoms with van der Waals surface area (Å²) in [7, 11) is 0. The van der Waals surface area contributed by atoms with E-state index in [1.165, 1.54) is 0 Å². The van der Waals surface area contributed by atoms with Gasteiger partial charge in [-0.15, -0.1) is 5.10 Å². The van der Waals surface area contributed by atoms with Gasteiger partial charge in [-0.3, -0.25) is 4.79 Å². The minimum atomic E-state index is -0.291. The van der Waals surface area contributed by atoms with Gasteiger partial charge in [0.1, 0.15) is 11.5 Å². The van der Waals surface area contributed by atoms with E-state index in [1.54, 1.807) is 10.7 Å². The summed E-state index contributed by atoms with van der Waals surface area (Å²) in [5, 5.41) is 11.7. The van der Waals surface area contributed by atoms with Crippen LogP contribution in [0.15, 0.2) is 52.9 Å². The van der Waals surface area contributed by atoms with Crippen LogP contribution in [0.2, 0.25) is 5.02 Å². The standard InChI is InChI=1S/C23H22ClN5O2/c1-14-6-4-8-18(10-14)23-26-20(16(3)31-23)13-29-15(2)21(27-28-29)22(30)25-12-17-7-5-9-19(24)11-17/h4-11H,12-13H2,1-3H3,(H,25,30). The van der Waals surface area contributed by atoms with Gasteiger partial charge in [0.25, 0.3) is 5.91 Å². The fraction of sp³-hybridized carbons (Fsp3) is 0.217. The summed E-state index contributed by atoms with van der Waals surface area (Å²) in [6.45, 7) is 6.42. The van der Waals surface area contributed by atoms with Crippen molar-refractivity contribution in [3.05, 3.63) is 87.5 Å². The van der Waals surface area contributed by atoms with E-state index in [-0.39, 0.29) is 11.6 Å². The molecular weight excluding hydrogens is 414 g/mol. The molecule has 2 aromatic heterocycles. The summed E-state index contributed by atoms with van der Waals surface area (Å²) in [6, 6.07) is 15.3. The van der Waals surface area contributed by atoms with Crippen molar-refractivity contribution in [2.75, 3.05) is 0 Å². The first-order valence-corrected chi connectivity index (χ1v) is 10.2. The number of hydrogen-bond acceptors (Lipinski definition) is 5. The van der Waals surface area contributed by atoms with Gasteiger partial charge in [-0.2, -0.15) is 0 Å². The van der Waals surface area contributed by atoms with Crippen LogP contribution < -0.4 is 5.32 Å². The summed E-state index contributed by atoms with van der Waals surface area (Å²) in [5.74, 6) is 0.980. The predicted molar refractivity (Wildman–Crippen MR) is 118 cm³/mol. The third-order valence-electron chi connectivity index (χ3n) is 5.00. The number of nitrogens with zero attached hydrogens (tertiary/aromatic N) is 4. The maximum absolute atomic E-state index is 12.6. The van der Waals surface area contributed by atoms with Crippen LogP contribution in [-0.4, -0.2) is 25.9 Å². The largest absolute Gasteiger partial charge is 0.441 e. The van der Waals surface area contributed by atoms with Gasteiger partial charge >= 0.3 is 0 Å². The lowest BCUT2D eigenvalue weighted by Gasteiger charge is -2.05. The Morgan fingerprint density at radius 2 is 1.94 bits per heavy atom. The van der Waals surface area contributed by atoms with Crippen molar-refractivity contribution in [2.45, 2.75) is 33.9 Å². The Morgan fingerprint density at radius 1 is 1.13 bits per heavy atom. The van der Waals surface area contributed by atoms with E-state index in [1.807, 2.05) is 63.2 Å². The Morgan fingerprint density at radius 3 is 2.71 bits per heavy atom. The van der Waals surface area contributed by atoms with Crippen LogP contribution in [0.4, 0.5) is 0 Å². The molecule has 4 aromatic rings. The molecule has 7 nitrogen and oxygen atoms in total. The molecular formula is C23H22ClN5O2. The number of amides is 1. The Labute approximate surface area is 185 Å². The van der Waals surface area contributed by atoms with Crippen molar-refractivity contribution < 1.29 is 9.21 Å². The first-order chi connectivity index (χ1) is 14.9. The van der Waals surface area contributed by atoms with Crippen molar-refractivity contribution in [2.24, 2.45) is 0 Å². The molecule has 0 spiro atoms. The predicted octanol–water partition coefficient (Wildman–Crippen LogP) is 4.49. The number of aromatic nitrogens is 4. The molecule has 0 saturated carbocycles. The summed E-state index contributed by atoms with van der Waals surface area (Å²) in [5.41, 5.74) is 4.65. The molecule has 0 unspecified atom stereocenters. The number of carbonyl (C=O) groups excluding carboxylic acids is 1. The lowest BCUT2D eigenvalue weighted by molar-refractivity contribution is 0.0945. The maximum Gasteiger partial charge on any atom is 0.274 e. The van der Waals surface area contributed by atoms with Gasteiger partial charge in [-0.1, -0.05) is 46.6 Å². The number of oxazole rings is 1. The van der Waals surface area contributed by atoms with Gasteiger partial charge in [0.15, 0.2) is 5.69 Å². The van der Waals surface area contributed by atoms with E-state index in [0.29, 0.717) is 35.5 Å². The van der Waals surface area contributed by atoms with Gasteiger partial charge < -0.3 is 9.73 Å². The number of benzene rings is 2. The Kier molecular flexibility index (Phi) is 5.86. The van der Waals surface area contributed by atoms with Crippen molar-refractivity contribution in [1.29, 1.82) is 0 Å². The fourth-order valence-electron chi connectivity index (χ4n) is 3.25. The second-order valence-corrected chi connectivity index (χ2v) is 7.82. The Hall–Kier alpha value is -3.45. The van der Waals surface area contributed by atoms with Gasteiger partial charge in [-0.25, -0.2) is 9.67 Å². The molecule has 0 fully saturated rings. The SMILES string of the molecule is Cc1cccc(-c2nc(Cn3nnc(C(=O)NCc4cccc(Cl)c4)c3C)c(C)o2)c1. The minimum Gasteiger partial charge on any atom is -0.441 e. The van der Waals surface area contributed by atoms with E-state index in [2.05, 4.69) is 20.6 Å². The van der Waals surface area contributed by atoms with E-state index in [0.717, 1.165) is 22.4 Å². The number of rotatable bonds is 6. The van der Waals surface area contributed by atoms with E-state index < -0.39 is 0 Å². The Balaban J connectivity index is 1.48. The number of aryl methyl sites for hydroxylation is 2. The van der Waals surface area contributed by atoms with Gasteiger partial charge in [0.05, 0.1) is 12.2 Å². The first-order valence-electron chi connectivity index (χ1n) is 9.87. The lowest BCUT2D eigenvalue weighted by atomic mass is 10.1. The molecule has 0 atom stereocenters. The van der Waals surface area contributed by atoms with Gasteiger partial charge in [0, 0.05) is 17.1 Å². The number of halogens is 1. The van der Waals surface area contributed by atoms with Gasteiger partial charge in [0.2, 0.25) is 5.89 Å². The average Bonchev–Trinajstić information content (AvgIpc) is 3.29. The van der Waals surface area contributed by atoms with Crippen LogP contribution >= 0.6 is 11.6 Å². The van der Waals surface area contributed by atoms with Crippen LogP contribution in [0.5, 0.6) is 0 Å². The third-order valence-corrected chi connectivity index (χ3v) is 5.23. The molecule has 2 aromatic carbocycles. The molecule has 1 amide bonds. The summed E-state index contributed by atoms with van der Waals surface area (Å²) in [6.07, 6.45) is 0. The highest BCUT2D eigenvalue weighted by molar-refractivity contribution is 6.30. The smallest absolute Gasteiger partial charge is 0.274 e. The molecule has 1 N–H and O–H groups in total. The Bertz CT molecular complexity index is 1240. The lowest BCUT2D eigenvalue weighted by Crippen LogP contribution is -2.24. The van der Waals surface area contributed by atoms with E-state index in [9.17, 15) is 4.79 Å². The van der Waals surface area contributed by atoms with Crippen molar-refractivity contribution in [1.82, 2.24) is 25.3 Å². The quantitative estimate of drug-likeness (QED) is 0.482. The molecule has 0 radical (unpaired) electrons. The zero-order chi connectivity index (χ0) is 22.0. The van der Waals surface area contributed by atoms with E-state index >= 15 is 0 Å². The molecule has 0 aliphatic rings. The third kappa shape index (κ3) is 4.67.